The quantitative estimate of drug-likeness (QED) is 0.0890. The smallest absolute Gasteiger partial charge is 0.179 e. The fourth-order valence-electron chi connectivity index (χ4n) is 10.1. The molecule has 2 nitrogen and oxygen atoms in total. The molecule has 0 saturated carbocycles. The van der Waals surface area contributed by atoms with E-state index in [0.717, 1.165) is 11.4 Å². The van der Waals surface area contributed by atoms with Crippen molar-refractivity contribution in [2.24, 2.45) is 0 Å². The lowest BCUT2D eigenvalue weighted by molar-refractivity contribution is 1.23. The molecule has 0 bridgehead atoms. The minimum atomic E-state index is -2.83. The average Bonchev–Trinajstić information content (AvgIpc) is 3.38. The number of hydrogen-bond donors (Lipinski definition) is 0. The van der Waals surface area contributed by atoms with E-state index in [1.165, 1.54) is 99.1 Å². The van der Waals surface area contributed by atoms with Gasteiger partial charge < -0.3 is 9.80 Å². The first-order valence-electron chi connectivity index (χ1n) is 24.1. The van der Waals surface area contributed by atoms with Crippen molar-refractivity contribution in [3.05, 3.63) is 276 Å². The topological polar surface area (TPSA) is 6.48 Å². The molecule has 0 amide bonds. The minimum absolute atomic E-state index is 1.13. The van der Waals surface area contributed by atoms with Crippen LogP contribution in [0.1, 0.15) is 33.4 Å². The third kappa shape index (κ3) is 8.74. The van der Waals surface area contributed by atoms with Gasteiger partial charge in [-0.1, -0.05) is 205 Å². The molecule has 336 valence electrons. The highest BCUT2D eigenvalue weighted by Crippen LogP contribution is 2.40. The van der Waals surface area contributed by atoms with Crippen molar-refractivity contribution < 1.29 is 0 Å². The van der Waals surface area contributed by atoms with Crippen LogP contribution in [0.2, 0.25) is 0 Å². The van der Waals surface area contributed by atoms with Crippen LogP contribution in [0.4, 0.5) is 34.1 Å². The van der Waals surface area contributed by atoms with E-state index in [4.69, 9.17) is 0 Å². The van der Waals surface area contributed by atoms with Crippen LogP contribution in [0.15, 0.2) is 243 Å². The summed E-state index contributed by atoms with van der Waals surface area (Å²) in [6, 6.07) is 90.3. The van der Waals surface area contributed by atoms with Crippen molar-refractivity contribution >= 4 is 62.9 Å². The first-order chi connectivity index (χ1) is 33.7. The molecule has 0 atom stereocenters. The zero-order chi connectivity index (χ0) is 47.5. The molecule has 0 aliphatic heterocycles. The van der Waals surface area contributed by atoms with Crippen LogP contribution in [-0.4, -0.2) is 8.07 Å². The molecule has 0 aliphatic rings. The standard InChI is InChI=1S/C66H58N2Si/c1-47-23-39-59(40-24-47)69(60-41-25-48(2)26-42-60,61-43-31-55(32-44-61)53-27-35-57(36-28-53)67(63-19-11-7-15-49(63)3)64-20-12-8-16-50(64)4)62-45-33-56(34-46-62)54-29-37-58(38-30-54)68(65-21-13-9-17-51(65)5)66-22-14-10-18-52(66)6/h7-46H,1-6H3. The minimum Gasteiger partial charge on any atom is -0.310 e. The molecule has 3 heteroatoms. The molecular weight excluding hydrogens is 849 g/mol. The van der Waals surface area contributed by atoms with Crippen molar-refractivity contribution in [1.29, 1.82) is 0 Å². The van der Waals surface area contributed by atoms with E-state index < -0.39 is 8.07 Å². The summed E-state index contributed by atoms with van der Waals surface area (Å²) >= 11 is 0. The summed E-state index contributed by atoms with van der Waals surface area (Å²) in [6.45, 7) is 13.1. The Morgan fingerprint density at radius 1 is 0.232 bits per heavy atom. The maximum Gasteiger partial charge on any atom is 0.179 e. The number of anilines is 6. The number of rotatable bonds is 12. The van der Waals surface area contributed by atoms with Gasteiger partial charge in [0.25, 0.3) is 0 Å². The highest BCUT2D eigenvalue weighted by Gasteiger charge is 2.41. The number of benzene rings is 10. The lowest BCUT2D eigenvalue weighted by atomic mass is 10.0. The molecule has 10 aromatic carbocycles. The first kappa shape index (κ1) is 44.8. The van der Waals surface area contributed by atoms with Crippen molar-refractivity contribution in [2.75, 3.05) is 9.80 Å². The zero-order valence-corrected chi connectivity index (χ0v) is 41.5. The average molecular weight is 907 g/mol. The Bertz CT molecular complexity index is 3030. The second-order valence-electron chi connectivity index (χ2n) is 18.5. The summed E-state index contributed by atoms with van der Waals surface area (Å²) in [7, 11) is -2.83. The van der Waals surface area contributed by atoms with Gasteiger partial charge in [0.1, 0.15) is 0 Å². The van der Waals surface area contributed by atoms with Crippen LogP contribution < -0.4 is 30.5 Å². The van der Waals surface area contributed by atoms with Gasteiger partial charge in [-0.3, -0.25) is 0 Å². The number of nitrogens with zero attached hydrogens (tertiary/aromatic N) is 2. The van der Waals surface area contributed by atoms with Gasteiger partial charge in [0, 0.05) is 34.1 Å². The summed E-state index contributed by atoms with van der Waals surface area (Å²) in [4.78, 5) is 4.77. The zero-order valence-electron chi connectivity index (χ0n) is 40.5. The lowest BCUT2D eigenvalue weighted by Gasteiger charge is -2.35. The van der Waals surface area contributed by atoms with Gasteiger partial charge in [-0.05, 0) is 155 Å². The number of hydrogen-bond acceptors (Lipinski definition) is 2. The van der Waals surface area contributed by atoms with Crippen molar-refractivity contribution in [2.45, 2.75) is 41.5 Å². The maximum absolute atomic E-state index is 2.83. The van der Waals surface area contributed by atoms with Gasteiger partial charge in [-0.25, -0.2) is 0 Å². The molecule has 69 heavy (non-hydrogen) atoms. The fraction of sp³-hybridized carbons (Fsp3) is 0.0909. The molecule has 0 aromatic heterocycles. The molecule has 0 radical (unpaired) electrons. The molecule has 0 unspecified atom stereocenters. The first-order valence-corrected chi connectivity index (χ1v) is 26.1. The molecule has 0 aliphatic carbocycles. The molecule has 0 heterocycles. The van der Waals surface area contributed by atoms with Crippen LogP contribution in [0, 0.1) is 41.5 Å². The van der Waals surface area contributed by atoms with Crippen molar-refractivity contribution in [3.63, 3.8) is 0 Å². The highest BCUT2D eigenvalue weighted by molar-refractivity contribution is 7.19. The van der Waals surface area contributed by atoms with E-state index in [1.54, 1.807) is 0 Å². The Hall–Kier alpha value is -7.98. The number of para-hydroxylation sites is 4. The molecule has 0 spiro atoms. The van der Waals surface area contributed by atoms with Crippen LogP contribution in [0.5, 0.6) is 0 Å². The largest absolute Gasteiger partial charge is 0.310 e. The Balaban J connectivity index is 1.03. The van der Waals surface area contributed by atoms with Gasteiger partial charge in [0.15, 0.2) is 8.07 Å². The Morgan fingerprint density at radius 2 is 0.449 bits per heavy atom. The Kier molecular flexibility index (Phi) is 12.6. The molecule has 0 saturated heterocycles. The molecule has 10 aromatic rings. The van der Waals surface area contributed by atoms with Crippen LogP contribution in [0.3, 0.4) is 0 Å². The third-order valence-electron chi connectivity index (χ3n) is 13.9. The fourth-order valence-corrected chi connectivity index (χ4v) is 14.8. The predicted octanol–water partition coefficient (Wildman–Crippen LogP) is 15.2. The maximum atomic E-state index is 2.41. The van der Waals surface area contributed by atoms with E-state index >= 15 is 0 Å². The monoisotopic (exact) mass is 906 g/mol. The van der Waals surface area contributed by atoms with Crippen LogP contribution >= 0.6 is 0 Å². The second-order valence-corrected chi connectivity index (χ2v) is 22.4. The van der Waals surface area contributed by atoms with Crippen LogP contribution in [0.25, 0.3) is 22.3 Å². The predicted molar refractivity (Wildman–Crippen MR) is 299 cm³/mol. The molecule has 10 rings (SSSR count). The van der Waals surface area contributed by atoms with Crippen molar-refractivity contribution in [1.82, 2.24) is 0 Å². The summed E-state index contributed by atoms with van der Waals surface area (Å²) in [5, 5.41) is 5.44. The summed E-state index contributed by atoms with van der Waals surface area (Å²) in [5.74, 6) is 0. The summed E-state index contributed by atoms with van der Waals surface area (Å²) < 4.78 is 0. The number of aryl methyl sites for hydroxylation is 6. The van der Waals surface area contributed by atoms with Gasteiger partial charge in [-0.15, -0.1) is 0 Å². The summed E-state index contributed by atoms with van der Waals surface area (Å²) in [6.07, 6.45) is 0. The van der Waals surface area contributed by atoms with Crippen LogP contribution in [-0.2, 0) is 0 Å². The van der Waals surface area contributed by atoms with E-state index in [2.05, 4.69) is 294 Å². The SMILES string of the molecule is Cc1ccc([Si](c2ccc(C)cc2)(c2ccc(-c3ccc(N(c4ccccc4C)c4ccccc4C)cc3)cc2)c2ccc(-c3ccc(N(c4ccccc4C)c4ccccc4C)cc3)cc2)cc1. The molecular formula is C66H58N2Si. The van der Waals surface area contributed by atoms with E-state index in [0.29, 0.717) is 0 Å². The van der Waals surface area contributed by atoms with E-state index in [1.807, 2.05) is 0 Å². The summed E-state index contributed by atoms with van der Waals surface area (Å²) in [5.41, 5.74) is 19.2. The Morgan fingerprint density at radius 3 is 0.696 bits per heavy atom. The molecule has 0 N–H and O–H groups in total. The van der Waals surface area contributed by atoms with E-state index in [9.17, 15) is 0 Å². The highest BCUT2D eigenvalue weighted by atomic mass is 28.3. The van der Waals surface area contributed by atoms with Gasteiger partial charge in [0.05, 0.1) is 0 Å². The second kappa shape index (κ2) is 19.3. The van der Waals surface area contributed by atoms with Crippen molar-refractivity contribution in [3.8, 4) is 22.3 Å². The lowest BCUT2D eigenvalue weighted by Crippen LogP contribution is -2.74. The van der Waals surface area contributed by atoms with E-state index in [-0.39, 0.29) is 0 Å². The van der Waals surface area contributed by atoms with Gasteiger partial charge in [0.2, 0.25) is 0 Å². The van der Waals surface area contributed by atoms with Gasteiger partial charge >= 0.3 is 0 Å². The normalized spacial score (nSPS) is 11.3. The molecule has 0 fully saturated rings. The Labute approximate surface area is 410 Å². The third-order valence-corrected chi connectivity index (χ3v) is 18.7. The van der Waals surface area contributed by atoms with Gasteiger partial charge in [-0.2, -0.15) is 0 Å².